The van der Waals surface area contributed by atoms with Gasteiger partial charge in [0.25, 0.3) is 5.91 Å². The predicted octanol–water partition coefficient (Wildman–Crippen LogP) is 4.78. The molecule has 28 heavy (non-hydrogen) atoms. The highest BCUT2D eigenvalue weighted by atomic mass is 16.5. The van der Waals surface area contributed by atoms with Gasteiger partial charge in [0.15, 0.2) is 0 Å². The van der Waals surface area contributed by atoms with E-state index in [1.54, 1.807) is 0 Å². The fraction of sp³-hybridized carbons (Fsp3) is 0.458. The molecule has 0 bridgehead atoms. The zero-order valence-electron chi connectivity index (χ0n) is 17.3. The SMILES string of the molecule is CC(C)(C)c1ccc(OCCNC(=O)c2ccc(N3CCCCC3)cc2)cc1. The minimum absolute atomic E-state index is 0.0584. The van der Waals surface area contributed by atoms with Crippen LogP contribution in [0.25, 0.3) is 0 Å². The molecule has 0 spiro atoms. The Bertz CT molecular complexity index is 755. The summed E-state index contributed by atoms with van der Waals surface area (Å²) >= 11 is 0. The Balaban J connectivity index is 1.42. The highest BCUT2D eigenvalue weighted by Gasteiger charge is 2.13. The summed E-state index contributed by atoms with van der Waals surface area (Å²) in [6, 6.07) is 16.1. The Kier molecular flexibility index (Phi) is 6.61. The minimum Gasteiger partial charge on any atom is -0.492 e. The maximum Gasteiger partial charge on any atom is 0.251 e. The highest BCUT2D eigenvalue weighted by Crippen LogP contribution is 2.24. The van der Waals surface area contributed by atoms with Crippen LogP contribution < -0.4 is 15.0 Å². The van der Waals surface area contributed by atoms with Crippen LogP contribution in [-0.4, -0.2) is 32.1 Å². The van der Waals surface area contributed by atoms with E-state index in [1.807, 2.05) is 36.4 Å². The molecule has 0 saturated carbocycles. The lowest BCUT2D eigenvalue weighted by Gasteiger charge is -2.28. The van der Waals surface area contributed by atoms with Gasteiger partial charge in [0.05, 0.1) is 6.54 Å². The third kappa shape index (κ3) is 5.51. The largest absolute Gasteiger partial charge is 0.492 e. The molecule has 0 unspecified atom stereocenters. The van der Waals surface area contributed by atoms with E-state index in [4.69, 9.17) is 4.74 Å². The van der Waals surface area contributed by atoms with Gasteiger partial charge in [-0.3, -0.25) is 4.79 Å². The molecule has 0 aromatic heterocycles. The molecule has 1 fully saturated rings. The Labute approximate surface area is 168 Å². The second kappa shape index (κ2) is 9.13. The van der Waals surface area contributed by atoms with Crippen molar-refractivity contribution in [1.29, 1.82) is 0 Å². The topological polar surface area (TPSA) is 41.6 Å². The minimum atomic E-state index is -0.0584. The predicted molar refractivity (Wildman–Crippen MR) is 115 cm³/mol. The third-order valence-electron chi connectivity index (χ3n) is 5.23. The van der Waals surface area contributed by atoms with Gasteiger partial charge in [0.2, 0.25) is 0 Å². The van der Waals surface area contributed by atoms with E-state index in [2.05, 4.69) is 43.1 Å². The van der Waals surface area contributed by atoms with Gasteiger partial charge in [-0.2, -0.15) is 0 Å². The molecule has 1 heterocycles. The Hall–Kier alpha value is -2.49. The first-order valence-electron chi connectivity index (χ1n) is 10.3. The summed E-state index contributed by atoms with van der Waals surface area (Å²) in [6.07, 6.45) is 3.82. The molecular weight excluding hydrogens is 348 g/mol. The van der Waals surface area contributed by atoms with Crippen molar-refractivity contribution < 1.29 is 9.53 Å². The van der Waals surface area contributed by atoms with Gasteiger partial charge in [-0.15, -0.1) is 0 Å². The van der Waals surface area contributed by atoms with Crippen molar-refractivity contribution in [2.24, 2.45) is 0 Å². The van der Waals surface area contributed by atoms with Gasteiger partial charge >= 0.3 is 0 Å². The lowest BCUT2D eigenvalue weighted by molar-refractivity contribution is 0.0947. The van der Waals surface area contributed by atoms with E-state index in [0.29, 0.717) is 18.7 Å². The summed E-state index contributed by atoms with van der Waals surface area (Å²) in [4.78, 5) is 14.7. The van der Waals surface area contributed by atoms with Gasteiger partial charge in [-0.05, 0) is 66.6 Å². The average molecular weight is 381 g/mol. The monoisotopic (exact) mass is 380 g/mol. The fourth-order valence-electron chi connectivity index (χ4n) is 3.46. The number of amides is 1. The smallest absolute Gasteiger partial charge is 0.251 e. The van der Waals surface area contributed by atoms with E-state index in [-0.39, 0.29) is 11.3 Å². The molecule has 1 aliphatic heterocycles. The molecule has 3 rings (SSSR count). The lowest BCUT2D eigenvalue weighted by atomic mass is 9.87. The Morgan fingerprint density at radius 1 is 0.964 bits per heavy atom. The highest BCUT2D eigenvalue weighted by molar-refractivity contribution is 5.94. The summed E-state index contributed by atoms with van der Waals surface area (Å²) in [5.41, 5.74) is 3.31. The van der Waals surface area contributed by atoms with Gasteiger partial charge in [-0.1, -0.05) is 32.9 Å². The standard InChI is InChI=1S/C24H32N2O2/c1-24(2,3)20-9-13-22(14-10-20)28-18-15-25-23(27)19-7-11-21(12-8-19)26-16-5-4-6-17-26/h7-14H,4-6,15-18H2,1-3H3,(H,25,27). The van der Waals surface area contributed by atoms with E-state index in [1.165, 1.54) is 30.5 Å². The molecule has 0 aliphatic carbocycles. The molecule has 0 atom stereocenters. The third-order valence-corrected chi connectivity index (χ3v) is 5.23. The maximum absolute atomic E-state index is 12.3. The van der Waals surface area contributed by atoms with Gasteiger partial charge in [-0.25, -0.2) is 0 Å². The molecule has 1 amide bonds. The van der Waals surface area contributed by atoms with Crippen LogP contribution in [0.15, 0.2) is 48.5 Å². The number of hydrogen-bond acceptors (Lipinski definition) is 3. The number of benzene rings is 2. The summed E-state index contributed by atoms with van der Waals surface area (Å²) in [5, 5.41) is 2.93. The van der Waals surface area contributed by atoms with Crippen LogP contribution in [0.3, 0.4) is 0 Å². The number of piperidine rings is 1. The average Bonchev–Trinajstić information content (AvgIpc) is 2.71. The Morgan fingerprint density at radius 2 is 1.61 bits per heavy atom. The van der Waals surface area contributed by atoms with Crippen molar-refractivity contribution in [3.05, 3.63) is 59.7 Å². The number of nitrogens with one attached hydrogen (secondary N) is 1. The van der Waals surface area contributed by atoms with Crippen LogP contribution in [0, 0.1) is 0 Å². The van der Waals surface area contributed by atoms with Crippen LogP contribution in [0.2, 0.25) is 0 Å². The van der Waals surface area contributed by atoms with Crippen LogP contribution in [0.1, 0.15) is 56.0 Å². The van der Waals surface area contributed by atoms with Gasteiger partial charge < -0.3 is 15.0 Å². The first kappa shape index (κ1) is 20.2. The van der Waals surface area contributed by atoms with E-state index in [9.17, 15) is 4.79 Å². The number of ether oxygens (including phenoxy) is 1. The van der Waals surface area contributed by atoms with E-state index < -0.39 is 0 Å². The molecule has 4 nitrogen and oxygen atoms in total. The first-order valence-corrected chi connectivity index (χ1v) is 10.3. The maximum atomic E-state index is 12.3. The number of nitrogens with zero attached hydrogens (tertiary/aromatic N) is 1. The normalized spacial score (nSPS) is 14.6. The zero-order chi connectivity index (χ0) is 20.0. The van der Waals surface area contributed by atoms with Crippen molar-refractivity contribution >= 4 is 11.6 Å². The molecule has 1 N–H and O–H groups in total. The molecule has 2 aromatic rings. The number of rotatable bonds is 6. The number of carbonyl (C=O) groups is 1. The molecule has 1 aliphatic rings. The van der Waals surface area contributed by atoms with Crippen molar-refractivity contribution in [2.75, 3.05) is 31.1 Å². The van der Waals surface area contributed by atoms with Crippen LogP contribution in [-0.2, 0) is 5.41 Å². The summed E-state index contributed by atoms with van der Waals surface area (Å²) in [5.74, 6) is 0.769. The van der Waals surface area contributed by atoms with Crippen molar-refractivity contribution in [3.63, 3.8) is 0 Å². The van der Waals surface area contributed by atoms with Crippen LogP contribution in [0.4, 0.5) is 5.69 Å². The molecule has 2 aromatic carbocycles. The second-order valence-corrected chi connectivity index (χ2v) is 8.47. The molecule has 4 heteroatoms. The van der Waals surface area contributed by atoms with Crippen molar-refractivity contribution in [3.8, 4) is 5.75 Å². The van der Waals surface area contributed by atoms with E-state index in [0.717, 1.165) is 18.8 Å². The van der Waals surface area contributed by atoms with Gasteiger partial charge in [0, 0.05) is 24.3 Å². The van der Waals surface area contributed by atoms with Gasteiger partial charge in [0.1, 0.15) is 12.4 Å². The number of hydrogen-bond donors (Lipinski definition) is 1. The molecule has 150 valence electrons. The lowest BCUT2D eigenvalue weighted by Crippen LogP contribution is -2.30. The van der Waals surface area contributed by atoms with Crippen LogP contribution in [0.5, 0.6) is 5.75 Å². The Morgan fingerprint density at radius 3 is 2.21 bits per heavy atom. The second-order valence-electron chi connectivity index (χ2n) is 8.47. The summed E-state index contributed by atoms with van der Waals surface area (Å²) in [7, 11) is 0. The van der Waals surface area contributed by atoms with E-state index >= 15 is 0 Å². The molecule has 1 saturated heterocycles. The number of carbonyl (C=O) groups excluding carboxylic acids is 1. The quantitative estimate of drug-likeness (QED) is 0.733. The van der Waals surface area contributed by atoms with Crippen LogP contribution >= 0.6 is 0 Å². The zero-order valence-corrected chi connectivity index (χ0v) is 17.3. The summed E-state index contributed by atoms with van der Waals surface area (Å²) in [6.45, 7) is 9.73. The molecule has 0 radical (unpaired) electrons. The first-order chi connectivity index (χ1) is 13.4. The van der Waals surface area contributed by atoms with Crippen molar-refractivity contribution in [2.45, 2.75) is 45.4 Å². The van der Waals surface area contributed by atoms with Crippen molar-refractivity contribution in [1.82, 2.24) is 5.32 Å². The molecular formula is C24H32N2O2. The number of anilines is 1. The summed E-state index contributed by atoms with van der Waals surface area (Å²) < 4.78 is 5.74. The fourth-order valence-corrected chi connectivity index (χ4v) is 3.46.